The summed E-state index contributed by atoms with van der Waals surface area (Å²) >= 11 is 7.62. The van der Waals surface area contributed by atoms with E-state index in [-0.39, 0.29) is 11.8 Å². The van der Waals surface area contributed by atoms with Crippen LogP contribution < -0.4 is 5.32 Å². The number of benzene rings is 2. The third kappa shape index (κ3) is 8.04. The van der Waals surface area contributed by atoms with Crippen molar-refractivity contribution in [3.63, 3.8) is 0 Å². The first-order valence-corrected chi connectivity index (χ1v) is 11.8. The molecule has 0 spiro atoms. The van der Waals surface area contributed by atoms with Gasteiger partial charge in [0.1, 0.15) is 6.04 Å². The topological polar surface area (TPSA) is 49.4 Å². The van der Waals surface area contributed by atoms with Crippen LogP contribution >= 0.6 is 23.4 Å². The number of rotatable bonds is 11. The molecule has 6 heteroatoms. The largest absolute Gasteiger partial charge is 0.354 e. The van der Waals surface area contributed by atoms with Gasteiger partial charge in [-0.1, -0.05) is 48.4 Å². The van der Waals surface area contributed by atoms with Crippen molar-refractivity contribution in [2.24, 2.45) is 0 Å². The second-order valence-corrected chi connectivity index (χ2v) is 8.98. The summed E-state index contributed by atoms with van der Waals surface area (Å²) in [4.78, 5) is 28.4. The first kappa shape index (κ1) is 24.3. The summed E-state index contributed by atoms with van der Waals surface area (Å²) in [5.74, 6) is 0.738. The number of carbonyl (C=O) groups excluding carboxylic acids is 2. The summed E-state index contributed by atoms with van der Waals surface area (Å²) in [5, 5.41) is 3.63. The minimum absolute atomic E-state index is 0.00595. The summed E-state index contributed by atoms with van der Waals surface area (Å²) in [6.45, 7) is 6.90. The van der Waals surface area contributed by atoms with Crippen molar-refractivity contribution in [1.29, 1.82) is 0 Å². The number of nitrogens with one attached hydrogen (secondary N) is 1. The summed E-state index contributed by atoms with van der Waals surface area (Å²) in [5.41, 5.74) is 2.20. The van der Waals surface area contributed by atoms with Gasteiger partial charge in [0.25, 0.3) is 0 Å². The van der Waals surface area contributed by atoms with Gasteiger partial charge in [0.05, 0.1) is 0 Å². The molecular weight excluding hydrogens is 416 g/mol. The van der Waals surface area contributed by atoms with Gasteiger partial charge >= 0.3 is 0 Å². The van der Waals surface area contributed by atoms with Crippen molar-refractivity contribution >= 4 is 35.2 Å². The fraction of sp³-hybridized carbons (Fsp3) is 0.417. The molecule has 0 heterocycles. The SMILES string of the molecule is CCCNC(=O)[C@@H](C)N(Cc1ccc(C)cc1)C(=O)CCCSc1ccc(Cl)cc1. The van der Waals surface area contributed by atoms with Gasteiger partial charge in [-0.25, -0.2) is 0 Å². The fourth-order valence-corrected chi connectivity index (χ4v) is 3.94. The van der Waals surface area contributed by atoms with E-state index >= 15 is 0 Å². The average Bonchev–Trinajstić information content (AvgIpc) is 2.75. The molecule has 4 nitrogen and oxygen atoms in total. The van der Waals surface area contributed by atoms with Crippen molar-refractivity contribution in [3.05, 3.63) is 64.7 Å². The number of hydrogen-bond donors (Lipinski definition) is 1. The number of nitrogens with zero attached hydrogens (tertiary/aromatic N) is 1. The van der Waals surface area contributed by atoms with E-state index in [1.807, 2.05) is 62.4 Å². The van der Waals surface area contributed by atoms with Gasteiger partial charge in [0.2, 0.25) is 11.8 Å². The van der Waals surface area contributed by atoms with Gasteiger partial charge in [-0.05, 0) is 62.3 Å². The second kappa shape index (κ2) is 12.7. The Hall–Kier alpha value is -1.98. The first-order chi connectivity index (χ1) is 14.4. The molecule has 2 aromatic rings. The van der Waals surface area contributed by atoms with E-state index in [0.29, 0.717) is 19.5 Å². The Labute approximate surface area is 189 Å². The zero-order valence-corrected chi connectivity index (χ0v) is 19.6. The highest BCUT2D eigenvalue weighted by molar-refractivity contribution is 7.99. The molecule has 0 aromatic heterocycles. The maximum Gasteiger partial charge on any atom is 0.242 e. The van der Waals surface area contributed by atoms with E-state index < -0.39 is 6.04 Å². The molecule has 0 saturated heterocycles. The Morgan fingerprint density at radius 2 is 1.77 bits per heavy atom. The van der Waals surface area contributed by atoms with E-state index in [2.05, 4.69) is 5.32 Å². The van der Waals surface area contributed by atoms with Gasteiger partial charge in [-0.2, -0.15) is 0 Å². The Balaban J connectivity index is 1.96. The van der Waals surface area contributed by atoms with Crippen molar-refractivity contribution in [3.8, 4) is 0 Å². The van der Waals surface area contributed by atoms with Crippen LogP contribution in [0.25, 0.3) is 0 Å². The molecule has 0 bridgehead atoms. The summed E-state index contributed by atoms with van der Waals surface area (Å²) in [6.07, 6.45) is 2.03. The molecule has 0 aliphatic rings. The smallest absolute Gasteiger partial charge is 0.242 e. The van der Waals surface area contributed by atoms with E-state index in [9.17, 15) is 9.59 Å². The van der Waals surface area contributed by atoms with Gasteiger partial charge in [0.15, 0.2) is 0 Å². The minimum atomic E-state index is -0.505. The van der Waals surface area contributed by atoms with Crippen LogP contribution in [0.3, 0.4) is 0 Å². The molecule has 0 unspecified atom stereocenters. The average molecular weight is 447 g/mol. The molecule has 2 rings (SSSR count). The lowest BCUT2D eigenvalue weighted by Gasteiger charge is -2.29. The lowest BCUT2D eigenvalue weighted by atomic mass is 10.1. The van der Waals surface area contributed by atoms with Gasteiger partial charge < -0.3 is 10.2 Å². The molecule has 162 valence electrons. The lowest BCUT2D eigenvalue weighted by Crippen LogP contribution is -2.47. The molecule has 0 aliphatic heterocycles. The molecule has 0 radical (unpaired) electrons. The Kier molecular flexibility index (Phi) is 10.2. The van der Waals surface area contributed by atoms with Crippen LogP contribution in [0.5, 0.6) is 0 Å². The molecule has 30 heavy (non-hydrogen) atoms. The van der Waals surface area contributed by atoms with E-state index in [0.717, 1.165) is 34.1 Å². The predicted molar refractivity (Wildman–Crippen MR) is 126 cm³/mol. The Morgan fingerprint density at radius 3 is 2.40 bits per heavy atom. The molecule has 0 fully saturated rings. The van der Waals surface area contributed by atoms with Gasteiger partial charge in [-0.3, -0.25) is 9.59 Å². The van der Waals surface area contributed by atoms with Crippen LogP contribution in [0, 0.1) is 6.92 Å². The number of carbonyl (C=O) groups is 2. The maximum absolute atomic E-state index is 13.0. The molecule has 0 aliphatic carbocycles. The minimum Gasteiger partial charge on any atom is -0.354 e. The maximum atomic E-state index is 13.0. The molecule has 2 aromatic carbocycles. The Bertz CT molecular complexity index is 809. The first-order valence-electron chi connectivity index (χ1n) is 10.4. The highest BCUT2D eigenvalue weighted by Crippen LogP contribution is 2.22. The fourth-order valence-electron chi connectivity index (χ4n) is 2.96. The predicted octanol–water partition coefficient (Wildman–Crippen LogP) is 5.46. The lowest BCUT2D eigenvalue weighted by molar-refractivity contribution is -0.140. The van der Waals surface area contributed by atoms with Crippen molar-refractivity contribution in [1.82, 2.24) is 10.2 Å². The van der Waals surface area contributed by atoms with Crippen LogP contribution in [-0.4, -0.2) is 35.1 Å². The molecule has 1 N–H and O–H groups in total. The van der Waals surface area contributed by atoms with Crippen molar-refractivity contribution < 1.29 is 9.59 Å². The van der Waals surface area contributed by atoms with Gasteiger partial charge in [0, 0.05) is 29.4 Å². The van der Waals surface area contributed by atoms with Crippen LogP contribution in [0.1, 0.15) is 44.2 Å². The third-order valence-electron chi connectivity index (χ3n) is 4.81. The van der Waals surface area contributed by atoms with Crippen LogP contribution in [0.2, 0.25) is 5.02 Å². The number of thioether (sulfide) groups is 1. The van der Waals surface area contributed by atoms with E-state index in [4.69, 9.17) is 11.6 Å². The van der Waals surface area contributed by atoms with Crippen LogP contribution in [0.4, 0.5) is 0 Å². The normalized spacial score (nSPS) is 11.7. The zero-order chi connectivity index (χ0) is 21.9. The van der Waals surface area contributed by atoms with E-state index in [1.54, 1.807) is 23.6 Å². The summed E-state index contributed by atoms with van der Waals surface area (Å²) in [7, 11) is 0. The molecular formula is C24H31ClN2O2S. The number of halogens is 1. The monoisotopic (exact) mass is 446 g/mol. The van der Waals surface area contributed by atoms with Crippen LogP contribution in [-0.2, 0) is 16.1 Å². The summed E-state index contributed by atoms with van der Waals surface area (Å²) in [6, 6.07) is 15.3. The quantitative estimate of drug-likeness (QED) is 0.368. The summed E-state index contributed by atoms with van der Waals surface area (Å²) < 4.78 is 0. The zero-order valence-electron chi connectivity index (χ0n) is 18.0. The van der Waals surface area contributed by atoms with Gasteiger partial charge in [-0.15, -0.1) is 11.8 Å². The molecule has 0 saturated carbocycles. The highest BCUT2D eigenvalue weighted by Gasteiger charge is 2.25. The van der Waals surface area contributed by atoms with Crippen LogP contribution in [0.15, 0.2) is 53.4 Å². The van der Waals surface area contributed by atoms with Crippen molar-refractivity contribution in [2.75, 3.05) is 12.3 Å². The number of amides is 2. The molecule has 2 amide bonds. The Morgan fingerprint density at radius 1 is 1.10 bits per heavy atom. The number of hydrogen-bond acceptors (Lipinski definition) is 3. The third-order valence-corrected chi connectivity index (χ3v) is 6.16. The highest BCUT2D eigenvalue weighted by atomic mass is 35.5. The van der Waals surface area contributed by atoms with Crippen molar-refractivity contribution in [2.45, 2.75) is 57.5 Å². The molecule has 1 atom stereocenters. The van der Waals surface area contributed by atoms with E-state index in [1.165, 1.54) is 5.56 Å². The standard InChI is InChI=1S/C24H31ClN2O2S/c1-4-15-26-24(29)19(3)27(17-20-9-7-18(2)8-10-20)23(28)6-5-16-30-22-13-11-21(25)12-14-22/h7-14,19H,4-6,15-17H2,1-3H3,(H,26,29)/t19-/m1/s1. The number of aryl methyl sites for hydroxylation is 1. The second-order valence-electron chi connectivity index (χ2n) is 7.38.